The van der Waals surface area contributed by atoms with Gasteiger partial charge < -0.3 is 9.47 Å². The summed E-state index contributed by atoms with van der Waals surface area (Å²) in [4.78, 5) is 16.0. The van der Waals surface area contributed by atoms with Gasteiger partial charge in [-0.1, -0.05) is 0 Å². The largest absolute Gasteiger partial charge is 0.464 e. The molecule has 6 nitrogen and oxygen atoms in total. The first-order chi connectivity index (χ1) is 9.26. The first-order valence-corrected chi connectivity index (χ1v) is 7.08. The Labute approximate surface area is 119 Å². The maximum Gasteiger partial charge on any atom is 0.355 e. The summed E-state index contributed by atoms with van der Waals surface area (Å²) in [7, 11) is 2.97. The molecule has 0 bridgehead atoms. The molecule has 102 valence electrons. The highest BCUT2D eigenvalue weighted by Gasteiger charge is 2.24. The van der Waals surface area contributed by atoms with E-state index in [-0.39, 0.29) is 0 Å². The van der Waals surface area contributed by atoms with Crippen molar-refractivity contribution in [2.45, 2.75) is 0 Å². The van der Waals surface area contributed by atoms with Gasteiger partial charge in [0.15, 0.2) is 0 Å². The first kappa shape index (κ1) is 14.0. The molecule has 8 heteroatoms. The summed E-state index contributed by atoms with van der Waals surface area (Å²) >= 11 is 2.67. The lowest BCUT2D eigenvalue weighted by Gasteiger charge is -2.24. The third kappa shape index (κ3) is 3.34. The predicted molar refractivity (Wildman–Crippen MR) is 74.9 cm³/mol. The number of ether oxygens (including phenoxy) is 2. The summed E-state index contributed by atoms with van der Waals surface area (Å²) in [5, 5.41) is 2.64. The van der Waals surface area contributed by atoms with Crippen LogP contribution in [0.4, 0.5) is 0 Å². The Morgan fingerprint density at radius 1 is 1.47 bits per heavy atom. The Kier molecular flexibility index (Phi) is 4.94. The van der Waals surface area contributed by atoms with E-state index in [0.29, 0.717) is 24.6 Å². The van der Waals surface area contributed by atoms with Gasteiger partial charge in [-0.15, -0.1) is 11.3 Å². The third-order valence-corrected chi connectivity index (χ3v) is 3.97. The third-order valence-electron chi connectivity index (χ3n) is 2.32. The fraction of sp³-hybridized carbons (Fsp3) is 0.364. The lowest BCUT2D eigenvalue weighted by molar-refractivity contribution is -0.137. The van der Waals surface area contributed by atoms with Crippen molar-refractivity contribution in [2.75, 3.05) is 27.4 Å². The van der Waals surface area contributed by atoms with Crippen molar-refractivity contribution in [3.63, 3.8) is 0 Å². The Morgan fingerprint density at radius 2 is 2.32 bits per heavy atom. The molecule has 0 radical (unpaired) electrons. The molecule has 0 aromatic carbocycles. The van der Waals surface area contributed by atoms with Crippen LogP contribution in [0.3, 0.4) is 0 Å². The second-order valence-corrected chi connectivity index (χ2v) is 5.19. The number of methoxy groups -OCH3 is 2. The summed E-state index contributed by atoms with van der Waals surface area (Å²) in [5.41, 5.74) is 1.12. The molecular formula is C11H13N3O3S2. The van der Waals surface area contributed by atoms with E-state index in [4.69, 9.17) is 9.47 Å². The fourth-order valence-corrected chi connectivity index (χ4v) is 2.77. The van der Waals surface area contributed by atoms with Gasteiger partial charge in [0.25, 0.3) is 0 Å². The zero-order valence-electron chi connectivity index (χ0n) is 10.5. The summed E-state index contributed by atoms with van der Waals surface area (Å²) in [6.45, 7) is 1.06. The maximum absolute atomic E-state index is 11.8. The van der Waals surface area contributed by atoms with Crippen molar-refractivity contribution in [3.05, 3.63) is 28.4 Å². The lowest BCUT2D eigenvalue weighted by Crippen LogP contribution is -2.28. The van der Waals surface area contributed by atoms with Crippen LogP contribution < -0.4 is 0 Å². The smallest absolute Gasteiger partial charge is 0.355 e. The van der Waals surface area contributed by atoms with Gasteiger partial charge in [0.1, 0.15) is 16.4 Å². The number of allylic oxidation sites excluding steroid dienone is 1. The van der Waals surface area contributed by atoms with Gasteiger partial charge in [-0.3, -0.25) is 4.31 Å². The summed E-state index contributed by atoms with van der Waals surface area (Å²) in [6, 6.07) is 0. The van der Waals surface area contributed by atoms with Crippen molar-refractivity contribution >= 4 is 35.2 Å². The molecule has 0 amide bonds. The standard InChI is InChI=1S/C11H13N3O3S2/c1-16-5-4-14-9(11(15)17-2)7-8(13-19-14)10-12-3-6-18-10/h3,6-7H,4-5H2,1-2H3. The zero-order valence-corrected chi connectivity index (χ0v) is 12.2. The number of hydrogen-bond acceptors (Lipinski definition) is 8. The van der Waals surface area contributed by atoms with E-state index < -0.39 is 5.97 Å². The zero-order chi connectivity index (χ0) is 13.7. The molecule has 0 N–H and O–H groups in total. The predicted octanol–water partition coefficient (Wildman–Crippen LogP) is 1.51. The highest BCUT2D eigenvalue weighted by Crippen LogP contribution is 2.26. The first-order valence-electron chi connectivity index (χ1n) is 5.47. The molecule has 2 rings (SSSR count). The molecule has 1 aliphatic rings. The van der Waals surface area contributed by atoms with Gasteiger partial charge in [-0.2, -0.15) is 4.40 Å². The number of rotatable bonds is 5. The molecule has 2 heterocycles. The minimum absolute atomic E-state index is 0.396. The van der Waals surface area contributed by atoms with E-state index in [1.807, 2.05) is 5.38 Å². The van der Waals surface area contributed by atoms with E-state index in [9.17, 15) is 4.79 Å². The van der Waals surface area contributed by atoms with Gasteiger partial charge in [0.2, 0.25) is 0 Å². The molecule has 1 aliphatic heterocycles. The van der Waals surface area contributed by atoms with Crippen LogP contribution in [0.15, 0.2) is 27.7 Å². The number of esters is 1. The Hall–Kier alpha value is -1.38. The Bertz CT molecular complexity index is 499. The molecule has 0 spiro atoms. The quantitative estimate of drug-likeness (QED) is 0.606. The van der Waals surface area contributed by atoms with Crippen LogP contribution in [0.25, 0.3) is 0 Å². The number of thiazole rings is 1. The van der Waals surface area contributed by atoms with Gasteiger partial charge >= 0.3 is 5.97 Å². The van der Waals surface area contributed by atoms with Gasteiger partial charge in [0.05, 0.1) is 32.4 Å². The summed E-state index contributed by atoms with van der Waals surface area (Å²) < 4.78 is 15.9. The van der Waals surface area contributed by atoms with Gasteiger partial charge in [-0.05, 0) is 6.08 Å². The molecule has 0 atom stereocenters. The van der Waals surface area contributed by atoms with Crippen LogP contribution in [0.2, 0.25) is 0 Å². The average Bonchev–Trinajstić information content (AvgIpc) is 2.98. The number of nitrogens with zero attached hydrogens (tertiary/aromatic N) is 3. The second-order valence-electron chi connectivity index (χ2n) is 3.51. The molecule has 1 aromatic heterocycles. The summed E-state index contributed by atoms with van der Waals surface area (Å²) in [5.74, 6) is -0.396. The normalized spacial score (nSPS) is 14.9. The van der Waals surface area contributed by atoms with Gasteiger partial charge in [-0.25, -0.2) is 9.78 Å². The molecule has 0 fully saturated rings. The van der Waals surface area contributed by atoms with E-state index in [2.05, 4.69) is 9.38 Å². The van der Waals surface area contributed by atoms with Crippen molar-refractivity contribution in [1.29, 1.82) is 0 Å². The molecule has 0 saturated carbocycles. The topological polar surface area (TPSA) is 64.0 Å². The van der Waals surface area contributed by atoms with Crippen LogP contribution in [-0.2, 0) is 14.3 Å². The van der Waals surface area contributed by atoms with Crippen molar-refractivity contribution in [2.24, 2.45) is 4.40 Å². The lowest BCUT2D eigenvalue weighted by atomic mass is 10.3. The Morgan fingerprint density at radius 3 is 2.95 bits per heavy atom. The van der Waals surface area contributed by atoms with Crippen LogP contribution in [-0.4, -0.2) is 48.3 Å². The average molecular weight is 299 g/mol. The maximum atomic E-state index is 11.8. The minimum Gasteiger partial charge on any atom is -0.464 e. The van der Waals surface area contributed by atoms with Crippen molar-refractivity contribution in [1.82, 2.24) is 9.29 Å². The monoisotopic (exact) mass is 299 g/mol. The van der Waals surface area contributed by atoms with Crippen LogP contribution in [0.1, 0.15) is 5.01 Å². The van der Waals surface area contributed by atoms with E-state index in [1.165, 1.54) is 30.6 Å². The van der Waals surface area contributed by atoms with Crippen molar-refractivity contribution in [3.8, 4) is 0 Å². The summed E-state index contributed by atoms with van der Waals surface area (Å²) in [6.07, 6.45) is 3.40. The van der Waals surface area contributed by atoms with E-state index in [0.717, 1.165) is 5.01 Å². The minimum atomic E-state index is -0.396. The number of carbonyl (C=O) groups is 1. The number of hydrogen-bond donors (Lipinski definition) is 0. The van der Waals surface area contributed by atoms with Gasteiger partial charge in [0, 0.05) is 18.7 Å². The fourth-order valence-electron chi connectivity index (χ4n) is 1.42. The highest BCUT2D eigenvalue weighted by molar-refractivity contribution is 7.96. The van der Waals surface area contributed by atoms with E-state index in [1.54, 1.807) is 23.7 Å². The SMILES string of the molecule is COCCN1SN=C(c2nccs2)C=C1C(=O)OC. The molecule has 19 heavy (non-hydrogen) atoms. The van der Waals surface area contributed by atoms with Crippen LogP contribution >= 0.6 is 23.5 Å². The molecular weight excluding hydrogens is 286 g/mol. The van der Waals surface area contributed by atoms with Crippen LogP contribution in [0, 0.1) is 0 Å². The molecule has 1 aromatic rings. The number of carbonyl (C=O) groups excluding carboxylic acids is 1. The second kappa shape index (κ2) is 6.69. The molecule has 0 unspecified atom stereocenters. The van der Waals surface area contributed by atoms with Crippen molar-refractivity contribution < 1.29 is 14.3 Å². The molecule has 0 aliphatic carbocycles. The van der Waals surface area contributed by atoms with E-state index >= 15 is 0 Å². The van der Waals surface area contributed by atoms with Crippen LogP contribution in [0.5, 0.6) is 0 Å². The Balaban J connectivity index is 2.21. The highest BCUT2D eigenvalue weighted by atomic mass is 32.2. The molecule has 0 saturated heterocycles. The number of aromatic nitrogens is 1.